The number of carbonyl (C=O) groups is 1. The van der Waals surface area contributed by atoms with Crippen LogP contribution >= 0.6 is 0 Å². The van der Waals surface area contributed by atoms with E-state index in [1.165, 1.54) is 0 Å². The van der Waals surface area contributed by atoms with E-state index >= 15 is 0 Å². The lowest BCUT2D eigenvalue weighted by Crippen LogP contribution is -2.38. The first-order chi connectivity index (χ1) is 13.9. The van der Waals surface area contributed by atoms with Crippen molar-refractivity contribution in [2.75, 3.05) is 6.61 Å². The van der Waals surface area contributed by atoms with Crippen molar-refractivity contribution in [3.63, 3.8) is 0 Å². The number of ether oxygens (including phenoxy) is 1. The lowest BCUT2D eigenvalue weighted by Gasteiger charge is -2.27. The van der Waals surface area contributed by atoms with Gasteiger partial charge in [0, 0.05) is 35.6 Å². The number of nitrogens with two attached hydrogens (primary N) is 2. The van der Waals surface area contributed by atoms with Gasteiger partial charge in [0.15, 0.2) is 0 Å². The number of aromatic nitrogens is 1. The molecule has 0 radical (unpaired) electrons. The molecule has 0 spiro atoms. The predicted molar refractivity (Wildman–Crippen MR) is 115 cm³/mol. The second-order valence-corrected chi connectivity index (χ2v) is 7.93. The van der Waals surface area contributed by atoms with Crippen LogP contribution in [-0.4, -0.2) is 29.5 Å². The van der Waals surface area contributed by atoms with Crippen molar-refractivity contribution in [2.24, 2.45) is 11.5 Å². The smallest absolute Gasteiger partial charge is 0.272 e. The quantitative estimate of drug-likeness (QED) is 0.631. The molecule has 30 heavy (non-hydrogen) atoms. The third-order valence-electron chi connectivity index (χ3n) is 4.01. The topological polar surface area (TPSA) is 103 Å². The first kappa shape index (κ1) is 25.5. The molecular formula is C22H32F2N4O2. The van der Waals surface area contributed by atoms with Crippen LogP contribution < -0.4 is 21.5 Å². The monoisotopic (exact) mass is 422 g/mol. The zero-order chi connectivity index (χ0) is 22.9. The van der Waals surface area contributed by atoms with Crippen LogP contribution in [0.4, 0.5) is 8.78 Å². The maximum absolute atomic E-state index is 12.1. The molecule has 1 atom stereocenters. The summed E-state index contributed by atoms with van der Waals surface area (Å²) < 4.78 is 29.3. The Bertz CT molecular complexity index is 823. The van der Waals surface area contributed by atoms with E-state index in [9.17, 15) is 13.6 Å². The molecule has 0 aliphatic rings. The van der Waals surface area contributed by atoms with Gasteiger partial charge in [0.1, 0.15) is 12.4 Å². The second-order valence-electron chi connectivity index (χ2n) is 7.93. The molecule has 0 saturated heterocycles. The molecule has 1 unspecified atom stereocenters. The number of hydrogen-bond acceptors (Lipinski definition) is 5. The molecule has 0 fully saturated rings. The van der Waals surface area contributed by atoms with Crippen molar-refractivity contribution < 1.29 is 18.3 Å². The van der Waals surface area contributed by atoms with Crippen LogP contribution in [0.25, 0.3) is 0 Å². The largest absolute Gasteiger partial charge is 0.488 e. The summed E-state index contributed by atoms with van der Waals surface area (Å²) in [5, 5.41) is 3.46. The fourth-order valence-corrected chi connectivity index (χ4v) is 2.86. The van der Waals surface area contributed by atoms with Gasteiger partial charge in [-0.05, 0) is 70.0 Å². The summed E-state index contributed by atoms with van der Waals surface area (Å²) in [6.45, 7) is 9.88. The molecule has 6 nitrogen and oxygen atoms in total. The third-order valence-corrected chi connectivity index (χ3v) is 4.01. The summed E-state index contributed by atoms with van der Waals surface area (Å²) in [5.41, 5.74) is 14.0. The maximum atomic E-state index is 12.1. The first-order valence-electron chi connectivity index (χ1n) is 9.67. The Kier molecular flexibility index (Phi) is 9.81. The van der Waals surface area contributed by atoms with Crippen molar-refractivity contribution >= 4 is 5.91 Å². The minimum atomic E-state index is -2.47. The summed E-state index contributed by atoms with van der Waals surface area (Å²) in [6, 6.07) is 8.69. The molecule has 1 heterocycles. The molecule has 2 rings (SSSR count). The second kappa shape index (κ2) is 11.6. The highest BCUT2D eigenvalue weighted by atomic mass is 19.3. The Morgan fingerprint density at radius 3 is 2.37 bits per heavy atom. The van der Waals surface area contributed by atoms with Crippen LogP contribution in [0, 0.1) is 6.92 Å². The molecule has 0 saturated carbocycles. The number of rotatable bonds is 7. The van der Waals surface area contributed by atoms with Gasteiger partial charge in [0.2, 0.25) is 5.91 Å². The number of benzene rings is 1. The number of amides is 1. The van der Waals surface area contributed by atoms with Gasteiger partial charge in [-0.2, -0.15) is 0 Å². The van der Waals surface area contributed by atoms with Gasteiger partial charge in [-0.3, -0.25) is 9.78 Å². The van der Waals surface area contributed by atoms with E-state index in [1.54, 1.807) is 30.5 Å². The van der Waals surface area contributed by atoms with Gasteiger partial charge in [0.05, 0.1) is 0 Å². The van der Waals surface area contributed by atoms with Crippen molar-refractivity contribution in [1.82, 2.24) is 10.3 Å². The standard InChI is InChI=1S/C15H24F2N2O.C7H8N2O/c1-10(19-15(2,3)4)13-6-5-12(7-11(13)8-18)20-9-14(16)17;1-5-4-6(7(8)10)2-3-9-5/h5-7,10,14,19H,8-9,18H2,1-4H3;2-4H,1H3,(H2,8,10). The van der Waals surface area contributed by atoms with Gasteiger partial charge >= 0.3 is 0 Å². The van der Waals surface area contributed by atoms with E-state index in [0.717, 1.165) is 16.8 Å². The van der Waals surface area contributed by atoms with Gasteiger partial charge in [-0.1, -0.05) is 6.07 Å². The number of alkyl halides is 2. The Morgan fingerprint density at radius 1 is 1.23 bits per heavy atom. The highest BCUT2D eigenvalue weighted by Crippen LogP contribution is 2.25. The minimum Gasteiger partial charge on any atom is -0.488 e. The third kappa shape index (κ3) is 9.28. The van der Waals surface area contributed by atoms with Crippen LogP contribution in [0.5, 0.6) is 5.75 Å². The molecule has 166 valence electrons. The Morgan fingerprint density at radius 2 is 1.90 bits per heavy atom. The number of nitrogens with zero attached hydrogens (tertiary/aromatic N) is 1. The number of halogens is 2. The lowest BCUT2D eigenvalue weighted by molar-refractivity contribution is 0.0818. The number of hydrogen-bond donors (Lipinski definition) is 3. The van der Waals surface area contributed by atoms with E-state index in [-0.39, 0.29) is 11.6 Å². The number of primary amides is 1. The van der Waals surface area contributed by atoms with Crippen molar-refractivity contribution in [2.45, 2.75) is 59.2 Å². The van der Waals surface area contributed by atoms with Crippen molar-refractivity contribution in [1.29, 1.82) is 0 Å². The molecule has 0 bridgehead atoms. The summed E-state index contributed by atoms with van der Waals surface area (Å²) in [7, 11) is 0. The minimum absolute atomic E-state index is 0.0177. The Balaban J connectivity index is 0.000000375. The molecule has 5 N–H and O–H groups in total. The molecule has 1 aromatic heterocycles. The fraction of sp³-hybridized carbons (Fsp3) is 0.455. The molecule has 8 heteroatoms. The van der Waals surface area contributed by atoms with Crippen LogP contribution in [0.2, 0.25) is 0 Å². The lowest BCUT2D eigenvalue weighted by atomic mass is 9.98. The molecule has 0 aliphatic heterocycles. The fourth-order valence-electron chi connectivity index (χ4n) is 2.86. The summed E-state index contributed by atoms with van der Waals surface area (Å²) in [6.07, 6.45) is -0.910. The number of aryl methyl sites for hydroxylation is 1. The average Bonchev–Trinajstić information content (AvgIpc) is 2.65. The summed E-state index contributed by atoms with van der Waals surface area (Å²) in [5.74, 6) is 0.0166. The SMILES string of the molecule is CC(NC(C)(C)C)c1ccc(OCC(F)F)cc1CN.Cc1cc(C(N)=O)ccn1. The van der Waals surface area contributed by atoms with Gasteiger partial charge in [-0.25, -0.2) is 8.78 Å². The highest BCUT2D eigenvalue weighted by molar-refractivity contribution is 5.92. The Labute approximate surface area is 177 Å². The van der Waals surface area contributed by atoms with Crippen molar-refractivity contribution in [3.05, 3.63) is 58.9 Å². The van der Waals surface area contributed by atoms with Crippen LogP contribution in [0.1, 0.15) is 60.9 Å². The predicted octanol–water partition coefficient (Wildman–Crippen LogP) is 3.73. The maximum Gasteiger partial charge on any atom is 0.272 e. The normalized spacial score (nSPS) is 12.2. The van der Waals surface area contributed by atoms with Crippen LogP contribution in [0.15, 0.2) is 36.5 Å². The van der Waals surface area contributed by atoms with Crippen LogP contribution in [0.3, 0.4) is 0 Å². The van der Waals surface area contributed by atoms with E-state index in [0.29, 0.717) is 17.9 Å². The molecule has 2 aromatic rings. The summed E-state index contributed by atoms with van der Waals surface area (Å²) in [4.78, 5) is 14.5. The van der Waals surface area contributed by atoms with Gasteiger partial charge in [-0.15, -0.1) is 0 Å². The van der Waals surface area contributed by atoms with E-state index in [4.69, 9.17) is 16.2 Å². The van der Waals surface area contributed by atoms with E-state index in [1.807, 2.05) is 13.0 Å². The Hall–Kier alpha value is -2.58. The number of carbonyl (C=O) groups excluding carboxylic acids is 1. The van der Waals surface area contributed by atoms with E-state index in [2.05, 4.69) is 38.0 Å². The van der Waals surface area contributed by atoms with Crippen molar-refractivity contribution in [3.8, 4) is 5.75 Å². The zero-order valence-electron chi connectivity index (χ0n) is 18.2. The van der Waals surface area contributed by atoms with Gasteiger partial charge < -0.3 is 21.5 Å². The number of pyridine rings is 1. The zero-order valence-corrected chi connectivity index (χ0v) is 18.2. The van der Waals surface area contributed by atoms with Gasteiger partial charge in [0.25, 0.3) is 6.43 Å². The highest BCUT2D eigenvalue weighted by Gasteiger charge is 2.17. The molecular weight excluding hydrogens is 390 g/mol. The van der Waals surface area contributed by atoms with Crippen LogP contribution in [-0.2, 0) is 6.54 Å². The molecule has 1 amide bonds. The number of nitrogens with one attached hydrogen (secondary N) is 1. The molecule has 1 aromatic carbocycles. The summed E-state index contributed by atoms with van der Waals surface area (Å²) >= 11 is 0. The van der Waals surface area contributed by atoms with E-state index < -0.39 is 18.9 Å². The average molecular weight is 423 g/mol. The molecule has 0 aliphatic carbocycles. The first-order valence-corrected chi connectivity index (χ1v) is 9.67.